The molecule has 0 unspecified atom stereocenters. The van der Waals surface area contributed by atoms with Gasteiger partial charge in [-0.15, -0.1) is 5.10 Å². The maximum Gasteiger partial charge on any atom is 0.137 e. The first-order valence-electron chi connectivity index (χ1n) is 12.0. The van der Waals surface area contributed by atoms with Crippen LogP contribution in [0.25, 0.3) is 10.9 Å². The Balaban J connectivity index is 1.57. The van der Waals surface area contributed by atoms with Crippen LogP contribution in [0.3, 0.4) is 0 Å². The molecule has 0 saturated heterocycles. The lowest BCUT2D eigenvalue weighted by molar-refractivity contribution is 0.442. The first-order chi connectivity index (χ1) is 16.6. The predicted octanol–water partition coefficient (Wildman–Crippen LogP) is 6.29. The van der Waals surface area contributed by atoms with Gasteiger partial charge < -0.3 is 5.32 Å². The van der Waals surface area contributed by atoms with Crippen molar-refractivity contribution < 1.29 is 5.76 Å². The summed E-state index contributed by atoms with van der Waals surface area (Å²) < 4.78 is 26.0. The number of fused-ring (bicyclic) bond motifs is 1. The summed E-state index contributed by atoms with van der Waals surface area (Å²) in [6, 6.07) is 10.5. The largest absolute Gasteiger partial charge is 0.369 e. The number of hydrogen-bond acceptors (Lipinski definition) is 5. The van der Waals surface area contributed by atoms with Crippen LogP contribution in [0.1, 0.15) is 63.7 Å². The molecule has 1 fully saturated rings. The zero-order valence-corrected chi connectivity index (χ0v) is 21.1. The molecule has 176 valence electrons. The van der Waals surface area contributed by atoms with Crippen LogP contribution in [0.15, 0.2) is 53.4 Å². The van der Waals surface area contributed by atoms with Crippen LogP contribution in [-0.4, -0.2) is 31.5 Å². The van der Waals surface area contributed by atoms with E-state index in [0.29, 0.717) is 23.7 Å². The quantitative estimate of drug-likeness (QED) is 0.308. The van der Waals surface area contributed by atoms with Crippen LogP contribution in [0.2, 0.25) is 0 Å². The molecule has 5 rings (SSSR count). The minimum Gasteiger partial charge on any atom is -0.369 e. The van der Waals surface area contributed by atoms with E-state index in [9.17, 15) is 5.76 Å². The summed E-state index contributed by atoms with van der Waals surface area (Å²) in [7, 11) is 0. The Morgan fingerprint density at radius 1 is 1.21 bits per heavy atom. The molecular formula is C26H28BrFN6. The van der Waals surface area contributed by atoms with Gasteiger partial charge in [-0.1, -0.05) is 38.1 Å². The third-order valence-electron chi connectivity index (χ3n) is 5.85. The van der Waals surface area contributed by atoms with Gasteiger partial charge in [-0.3, -0.25) is 0 Å². The minimum absolute atomic E-state index is 0.0818. The number of nitrogens with zero attached hydrogens (tertiary/aromatic N) is 5. The van der Waals surface area contributed by atoms with Crippen LogP contribution in [-0.2, 0) is 6.42 Å². The number of halogens is 2. The number of rotatable bonds is 7. The Hall–Kier alpha value is -2.87. The lowest BCUT2D eigenvalue weighted by Crippen LogP contribution is -2.19. The summed E-state index contributed by atoms with van der Waals surface area (Å²) in [5.74, 6) is -0.829. The van der Waals surface area contributed by atoms with Crippen LogP contribution in [0, 0.1) is 11.2 Å². The lowest BCUT2D eigenvalue weighted by Gasteiger charge is -2.20. The SMILES string of the molecule is [2H][C@@](Cc1cc(Br)c2ncnc(NCC(C)(C)C)c2c1)(c1ccc(F)cc1)c1cn(C2CC2)nn1. The molecule has 1 aliphatic carbocycles. The van der Waals surface area contributed by atoms with Gasteiger partial charge in [0.25, 0.3) is 0 Å². The zero-order chi connectivity index (χ0) is 24.8. The molecule has 1 atom stereocenters. The van der Waals surface area contributed by atoms with E-state index in [-0.39, 0.29) is 11.2 Å². The van der Waals surface area contributed by atoms with E-state index in [2.05, 4.69) is 62.3 Å². The molecule has 0 radical (unpaired) electrons. The fraction of sp³-hybridized carbons (Fsp3) is 0.385. The van der Waals surface area contributed by atoms with Gasteiger partial charge in [-0.05, 0) is 76.0 Å². The Bertz CT molecular complexity index is 1360. The second-order valence-electron chi connectivity index (χ2n) is 10.1. The van der Waals surface area contributed by atoms with Gasteiger partial charge in [0.1, 0.15) is 18.0 Å². The number of nitrogens with one attached hydrogen (secondary N) is 1. The van der Waals surface area contributed by atoms with Crippen molar-refractivity contribution in [2.75, 3.05) is 11.9 Å². The highest BCUT2D eigenvalue weighted by atomic mass is 79.9. The van der Waals surface area contributed by atoms with Crippen LogP contribution in [0.5, 0.6) is 0 Å². The van der Waals surface area contributed by atoms with E-state index < -0.39 is 5.89 Å². The van der Waals surface area contributed by atoms with Crippen LogP contribution in [0.4, 0.5) is 10.2 Å². The molecule has 1 saturated carbocycles. The molecule has 8 heteroatoms. The minimum atomic E-state index is -1.25. The highest BCUT2D eigenvalue weighted by Gasteiger charge is 2.27. The topological polar surface area (TPSA) is 68.5 Å². The molecule has 4 aromatic rings. The van der Waals surface area contributed by atoms with Gasteiger partial charge in [0.2, 0.25) is 0 Å². The molecule has 1 N–H and O–H groups in total. The summed E-state index contributed by atoms with van der Waals surface area (Å²) >= 11 is 3.67. The number of aromatic nitrogens is 5. The van der Waals surface area contributed by atoms with E-state index in [1.54, 1.807) is 18.5 Å². The van der Waals surface area contributed by atoms with Crippen molar-refractivity contribution in [2.45, 2.75) is 52.0 Å². The molecule has 0 bridgehead atoms. The van der Waals surface area contributed by atoms with Crippen molar-refractivity contribution >= 4 is 32.7 Å². The molecule has 34 heavy (non-hydrogen) atoms. The van der Waals surface area contributed by atoms with E-state index in [1.165, 1.54) is 12.1 Å². The standard InChI is InChI=1S/C26H28BrFN6/c1-26(2,3)14-29-25-21-11-16(12-22(27)24(21)30-15-31-25)10-20(17-4-6-18(28)7-5-17)23-13-34(33-32-23)19-8-9-19/h4-7,11-13,15,19-20H,8-10,14H2,1-3H3,(H,29,30,31)/t20-/m1/s1/i20D. The average molecular weight is 524 g/mol. The maximum atomic E-state index is 13.7. The third-order valence-corrected chi connectivity index (χ3v) is 6.46. The van der Waals surface area contributed by atoms with E-state index in [1.807, 2.05) is 23.0 Å². The van der Waals surface area contributed by atoms with Crippen molar-refractivity contribution in [3.05, 3.63) is 76.0 Å². The summed E-state index contributed by atoms with van der Waals surface area (Å²) in [4.78, 5) is 8.95. The molecule has 6 nitrogen and oxygen atoms in total. The number of hydrogen-bond donors (Lipinski definition) is 1. The van der Waals surface area contributed by atoms with Crippen LogP contribution < -0.4 is 5.32 Å². The van der Waals surface area contributed by atoms with Crippen molar-refractivity contribution in [1.82, 2.24) is 25.0 Å². The van der Waals surface area contributed by atoms with Crippen molar-refractivity contribution in [3.63, 3.8) is 0 Å². The first-order valence-corrected chi connectivity index (χ1v) is 12.3. The predicted molar refractivity (Wildman–Crippen MR) is 135 cm³/mol. The molecular weight excluding hydrogens is 495 g/mol. The Labute approximate surface area is 208 Å². The smallest absolute Gasteiger partial charge is 0.137 e. The highest BCUT2D eigenvalue weighted by molar-refractivity contribution is 9.10. The molecule has 2 heterocycles. The van der Waals surface area contributed by atoms with Gasteiger partial charge in [0, 0.05) is 29.9 Å². The fourth-order valence-electron chi connectivity index (χ4n) is 3.90. The normalized spacial score (nSPS) is 16.3. The van der Waals surface area contributed by atoms with E-state index in [4.69, 9.17) is 0 Å². The Kier molecular flexibility index (Phi) is 5.77. The monoisotopic (exact) mass is 523 g/mol. The van der Waals surface area contributed by atoms with Gasteiger partial charge in [0.05, 0.1) is 17.3 Å². The van der Waals surface area contributed by atoms with E-state index >= 15 is 0 Å². The fourth-order valence-corrected chi connectivity index (χ4v) is 4.51. The molecule has 0 aliphatic heterocycles. The first kappa shape index (κ1) is 21.6. The van der Waals surface area contributed by atoms with Gasteiger partial charge in [-0.25, -0.2) is 19.0 Å². The molecule has 2 aromatic carbocycles. The second kappa shape index (κ2) is 9.06. The third kappa shape index (κ3) is 5.12. The second-order valence-corrected chi connectivity index (χ2v) is 10.9. The average Bonchev–Trinajstić information content (AvgIpc) is 3.53. The van der Waals surface area contributed by atoms with E-state index in [0.717, 1.165) is 46.1 Å². The van der Waals surface area contributed by atoms with Crippen molar-refractivity contribution in [2.24, 2.45) is 5.41 Å². The van der Waals surface area contributed by atoms with Gasteiger partial charge in [0.15, 0.2) is 0 Å². The highest BCUT2D eigenvalue weighted by Crippen LogP contribution is 2.36. The summed E-state index contributed by atoms with van der Waals surface area (Å²) in [6.07, 6.45) is 5.90. The van der Waals surface area contributed by atoms with Gasteiger partial charge in [-0.2, -0.15) is 0 Å². The molecule has 2 aromatic heterocycles. The number of anilines is 1. The van der Waals surface area contributed by atoms with Crippen molar-refractivity contribution in [1.29, 1.82) is 0 Å². The molecule has 0 spiro atoms. The number of benzene rings is 2. The lowest BCUT2D eigenvalue weighted by atomic mass is 9.89. The Morgan fingerprint density at radius 2 is 1.97 bits per heavy atom. The summed E-state index contributed by atoms with van der Waals surface area (Å²) in [6.45, 7) is 7.24. The van der Waals surface area contributed by atoms with Crippen molar-refractivity contribution in [3.8, 4) is 0 Å². The Morgan fingerprint density at radius 3 is 2.68 bits per heavy atom. The summed E-state index contributed by atoms with van der Waals surface area (Å²) in [5.41, 5.74) is 3.00. The molecule has 0 amide bonds. The zero-order valence-electron chi connectivity index (χ0n) is 20.5. The summed E-state index contributed by atoms with van der Waals surface area (Å²) in [5, 5.41) is 13.0. The van der Waals surface area contributed by atoms with Gasteiger partial charge >= 0.3 is 0 Å². The molecule has 1 aliphatic rings. The van der Waals surface area contributed by atoms with Crippen LogP contribution >= 0.6 is 15.9 Å². The maximum absolute atomic E-state index is 13.7.